The van der Waals surface area contributed by atoms with Gasteiger partial charge in [-0.1, -0.05) is 72.8 Å². The van der Waals surface area contributed by atoms with Gasteiger partial charge >= 0.3 is 0 Å². The van der Waals surface area contributed by atoms with Crippen molar-refractivity contribution < 1.29 is 0 Å². The lowest BCUT2D eigenvalue weighted by Gasteiger charge is -2.23. The zero-order valence-electron chi connectivity index (χ0n) is 15.4. The number of rotatable bonds is 4. The van der Waals surface area contributed by atoms with Gasteiger partial charge < -0.3 is 4.98 Å². The molecule has 0 bridgehead atoms. The molecule has 0 saturated heterocycles. The fraction of sp³-hybridized carbons (Fsp3) is 0. The Morgan fingerprint density at radius 1 is 0.793 bits per heavy atom. The molecule has 1 unspecified atom stereocenters. The molecule has 5 heteroatoms. The van der Waals surface area contributed by atoms with E-state index in [0.29, 0.717) is 0 Å². The van der Waals surface area contributed by atoms with Gasteiger partial charge in [0, 0.05) is 28.5 Å². The lowest BCUT2D eigenvalue weighted by atomic mass is 10.2. The zero-order valence-corrected chi connectivity index (χ0v) is 17.2. The Bertz CT molecular complexity index is 1330. The number of aromatic nitrogens is 2. The van der Waals surface area contributed by atoms with E-state index in [9.17, 15) is 4.79 Å². The average Bonchev–Trinajstić information content (AvgIpc) is 3.30. The summed E-state index contributed by atoms with van der Waals surface area (Å²) < 4.78 is 0. The lowest BCUT2D eigenvalue weighted by Crippen LogP contribution is -2.24. The van der Waals surface area contributed by atoms with E-state index >= 15 is 0 Å². The van der Waals surface area contributed by atoms with Crippen LogP contribution in [0.5, 0.6) is 0 Å². The van der Waals surface area contributed by atoms with Crippen LogP contribution in [-0.4, -0.2) is 9.97 Å². The third kappa shape index (κ3) is 3.42. The first kappa shape index (κ1) is 18.0. The molecule has 0 amide bonds. The van der Waals surface area contributed by atoms with Crippen LogP contribution in [0.2, 0.25) is 0 Å². The maximum Gasteiger partial charge on any atom is 0.248 e. The molecule has 0 radical (unpaired) electrons. The maximum atomic E-state index is 12.1. The highest BCUT2D eigenvalue weighted by atomic mass is 32.1. The van der Waals surface area contributed by atoms with E-state index in [1.54, 1.807) is 17.4 Å². The number of para-hydroxylation sites is 1. The molecule has 5 rings (SSSR count). The van der Waals surface area contributed by atoms with Crippen molar-refractivity contribution in [3.63, 3.8) is 0 Å². The number of hydrogen-bond acceptors (Lipinski definition) is 3. The molecule has 3 nitrogen and oxygen atoms in total. The number of hydrogen-bond donors (Lipinski definition) is 1. The van der Waals surface area contributed by atoms with Crippen LogP contribution in [0, 0.1) is 0 Å². The second-order valence-electron chi connectivity index (χ2n) is 6.59. The number of thiazole rings is 1. The summed E-state index contributed by atoms with van der Waals surface area (Å²) in [6.45, 7) is 0. The van der Waals surface area contributed by atoms with Crippen molar-refractivity contribution in [1.82, 2.24) is 9.97 Å². The minimum Gasteiger partial charge on any atom is -0.321 e. The smallest absolute Gasteiger partial charge is 0.248 e. The molecule has 0 aliphatic rings. The summed E-state index contributed by atoms with van der Waals surface area (Å²) in [6.07, 6.45) is 1.84. The lowest BCUT2D eigenvalue weighted by molar-refractivity contribution is 1.31. The predicted octanol–water partition coefficient (Wildman–Crippen LogP) is 4.41. The fourth-order valence-corrected chi connectivity index (χ4v) is 6.88. The van der Waals surface area contributed by atoms with Gasteiger partial charge in [-0.3, -0.25) is 4.79 Å². The van der Waals surface area contributed by atoms with Crippen molar-refractivity contribution in [3.05, 3.63) is 107 Å². The van der Waals surface area contributed by atoms with Gasteiger partial charge in [0.05, 0.1) is 5.52 Å². The molecular weight excluding hydrogens is 395 g/mol. The SMILES string of the molecule is O=c1ccc2cccc(P(c3ccccc3)c3ccccc3-c3nccs3)c2[nH]1. The molecule has 5 aromatic rings. The normalized spacial score (nSPS) is 12.1. The Morgan fingerprint density at radius 3 is 2.41 bits per heavy atom. The first-order valence-corrected chi connectivity index (χ1v) is 11.5. The Kier molecular flexibility index (Phi) is 4.81. The molecule has 3 aromatic carbocycles. The van der Waals surface area contributed by atoms with Gasteiger partial charge in [0.25, 0.3) is 0 Å². The van der Waals surface area contributed by atoms with Crippen LogP contribution in [0.1, 0.15) is 0 Å². The number of fused-ring (bicyclic) bond motifs is 1. The van der Waals surface area contributed by atoms with Crippen LogP contribution in [0.3, 0.4) is 0 Å². The molecule has 29 heavy (non-hydrogen) atoms. The van der Waals surface area contributed by atoms with E-state index in [1.165, 1.54) is 10.6 Å². The number of H-pyrrole nitrogens is 1. The monoisotopic (exact) mass is 412 g/mol. The van der Waals surface area contributed by atoms with Crippen molar-refractivity contribution in [3.8, 4) is 10.6 Å². The fourth-order valence-electron chi connectivity index (χ4n) is 3.54. The second-order valence-corrected chi connectivity index (χ2v) is 9.63. The summed E-state index contributed by atoms with van der Waals surface area (Å²) >= 11 is 1.65. The number of nitrogens with zero attached hydrogens (tertiary/aromatic N) is 1. The third-order valence-corrected chi connectivity index (χ3v) is 8.15. The summed E-state index contributed by atoms with van der Waals surface area (Å²) in [6, 6.07) is 28.7. The highest BCUT2D eigenvalue weighted by molar-refractivity contribution is 7.80. The van der Waals surface area contributed by atoms with Crippen LogP contribution in [0.4, 0.5) is 0 Å². The van der Waals surface area contributed by atoms with Crippen molar-refractivity contribution in [1.29, 1.82) is 0 Å². The highest BCUT2D eigenvalue weighted by Gasteiger charge is 2.23. The number of nitrogens with one attached hydrogen (secondary N) is 1. The first-order chi connectivity index (χ1) is 14.3. The Labute approximate surface area is 173 Å². The minimum absolute atomic E-state index is 0.0822. The molecule has 0 fully saturated rings. The largest absolute Gasteiger partial charge is 0.321 e. The Morgan fingerprint density at radius 2 is 1.59 bits per heavy atom. The minimum atomic E-state index is -0.887. The molecule has 0 aliphatic heterocycles. The summed E-state index contributed by atoms with van der Waals surface area (Å²) in [4.78, 5) is 19.8. The van der Waals surface area contributed by atoms with Gasteiger partial charge in [-0.25, -0.2) is 4.98 Å². The number of aromatic amines is 1. The van der Waals surface area contributed by atoms with Crippen molar-refractivity contribution in [2.75, 3.05) is 0 Å². The van der Waals surface area contributed by atoms with Crippen LogP contribution in [-0.2, 0) is 0 Å². The summed E-state index contributed by atoms with van der Waals surface area (Å²) in [5, 5.41) is 7.68. The molecule has 0 aliphatic carbocycles. The van der Waals surface area contributed by atoms with Crippen molar-refractivity contribution in [2.24, 2.45) is 0 Å². The van der Waals surface area contributed by atoms with Crippen LogP contribution in [0.15, 0.2) is 101 Å². The second kappa shape index (κ2) is 7.75. The van der Waals surface area contributed by atoms with E-state index in [2.05, 4.69) is 70.6 Å². The van der Waals surface area contributed by atoms with E-state index in [-0.39, 0.29) is 5.56 Å². The van der Waals surface area contributed by atoms with Gasteiger partial charge in [-0.05, 0) is 30.0 Å². The van der Waals surface area contributed by atoms with E-state index in [1.807, 2.05) is 29.8 Å². The van der Waals surface area contributed by atoms with Gasteiger partial charge in [0.2, 0.25) is 5.56 Å². The van der Waals surface area contributed by atoms with Crippen LogP contribution in [0.25, 0.3) is 21.5 Å². The van der Waals surface area contributed by atoms with E-state index in [4.69, 9.17) is 0 Å². The highest BCUT2D eigenvalue weighted by Crippen LogP contribution is 2.38. The van der Waals surface area contributed by atoms with Crippen molar-refractivity contribution >= 4 is 46.1 Å². The first-order valence-electron chi connectivity index (χ1n) is 9.27. The van der Waals surface area contributed by atoms with E-state index in [0.717, 1.165) is 26.8 Å². The van der Waals surface area contributed by atoms with Gasteiger partial charge in [0.1, 0.15) is 5.01 Å². The van der Waals surface area contributed by atoms with Crippen LogP contribution < -0.4 is 21.5 Å². The molecule has 1 atom stereocenters. The Hall–Kier alpha value is -3.07. The summed E-state index contributed by atoms with van der Waals surface area (Å²) in [5.74, 6) is 0. The number of benzene rings is 3. The molecule has 0 spiro atoms. The molecule has 0 saturated carbocycles. The van der Waals surface area contributed by atoms with E-state index < -0.39 is 7.92 Å². The average molecular weight is 412 g/mol. The van der Waals surface area contributed by atoms with Gasteiger partial charge in [-0.2, -0.15) is 0 Å². The third-order valence-electron chi connectivity index (χ3n) is 4.80. The Balaban J connectivity index is 1.83. The quantitative estimate of drug-likeness (QED) is 0.445. The summed E-state index contributed by atoms with van der Waals surface area (Å²) in [7, 11) is -0.887. The molecule has 140 valence electrons. The molecule has 2 aromatic heterocycles. The van der Waals surface area contributed by atoms with Gasteiger partial charge in [0.15, 0.2) is 0 Å². The molecule has 1 N–H and O–H groups in total. The topological polar surface area (TPSA) is 45.8 Å². The molecular formula is C24H17N2OPS. The predicted molar refractivity (Wildman–Crippen MR) is 124 cm³/mol. The van der Waals surface area contributed by atoms with Crippen LogP contribution >= 0.6 is 19.3 Å². The maximum absolute atomic E-state index is 12.1. The van der Waals surface area contributed by atoms with Crippen molar-refractivity contribution in [2.45, 2.75) is 0 Å². The summed E-state index contributed by atoms with van der Waals surface area (Å²) in [5.41, 5.74) is 1.97. The van der Waals surface area contributed by atoms with Gasteiger partial charge in [-0.15, -0.1) is 11.3 Å². The standard InChI is InChI=1S/C24H17N2OPS/c27-22-14-13-17-7-6-12-21(23(17)26-22)28(18-8-2-1-3-9-18)20-11-5-4-10-19(20)24-25-15-16-29-24/h1-16H,(H,26,27). The number of pyridine rings is 1. The molecule has 2 heterocycles. The zero-order chi connectivity index (χ0) is 19.6.